The number of rotatable bonds is 5. The van der Waals surface area contributed by atoms with Gasteiger partial charge in [0.15, 0.2) is 0 Å². The van der Waals surface area contributed by atoms with Crippen LogP contribution in [0.1, 0.15) is 21.5 Å². The van der Waals surface area contributed by atoms with Crippen LogP contribution in [0.15, 0.2) is 47.6 Å². The van der Waals surface area contributed by atoms with Gasteiger partial charge >= 0.3 is 5.97 Å². The Bertz CT molecular complexity index is 1150. The first-order chi connectivity index (χ1) is 14.1. The molecule has 1 N–H and O–H groups in total. The van der Waals surface area contributed by atoms with E-state index in [1.54, 1.807) is 41.3 Å². The first kappa shape index (κ1) is 18.6. The SMILES string of the molecule is N#Cc1ccc2c(c1)CCN2C(=O)CSc1nnnn1-c1ccccc1C(=O)O. The molecule has 0 spiro atoms. The minimum absolute atomic E-state index is 0.0646. The number of hydrogen-bond donors (Lipinski definition) is 1. The number of thioether (sulfide) groups is 1. The number of carbonyl (C=O) groups is 2. The molecule has 0 bridgehead atoms. The van der Waals surface area contributed by atoms with Crippen molar-refractivity contribution < 1.29 is 14.7 Å². The number of nitrogens with zero attached hydrogens (tertiary/aromatic N) is 6. The minimum atomic E-state index is -1.09. The highest BCUT2D eigenvalue weighted by Crippen LogP contribution is 2.30. The Kier molecular flexibility index (Phi) is 4.97. The van der Waals surface area contributed by atoms with Crippen LogP contribution in [0.2, 0.25) is 0 Å². The van der Waals surface area contributed by atoms with E-state index in [4.69, 9.17) is 5.26 Å². The number of carbonyl (C=O) groups excluding carboxylic acids is 1. The molecule has 0 aliphatic carbocycles. The second-order valence-electron chi connectivity index (χ2n) is 6.23. The molecule has 29 heavy (non-hydrogen) atoms. The summed E-state index contributed by atoms with van der Waals surface area (Å²) in [6.45, 7) is 0.552. The summed E-state index contributed by atoms with van der Waals surface area (Å²) in [5.41, 5.74) is 2.75. The smallest absolute Gasteiger partial charge is 0.337 e. The van der Waals surface area contributed by atoms with Crippen molar-refractivity contribution in [3.63, 3.8) is 0 Å². The molecule has 10 heteroatoms. The molecule has 0 unspecified atom stereocenters. The summed E-state index contributed by atoms with van der Waals surface area (Å²) in [5.74, 6) is -1.11. The van der Waals surface area contributed by atoms with Gasteiger partial charge in [0.1, 0.15) is 0 Å². The molecule has 0 fully saturated rings. The number of tetrazole rings is 1. The summed E-state index contributed by atoms with van der Waals surface area (Å²) in [5, 5.41) is 30.1. The first-order valence-electron chi connectivity index (χ1n) is 8.66. The van der Waals surface area contributed by atoms with E-state index in [2.05, 4.69) is 21.6 Å². The normalized spacial score (nSPS) is 12.4. The predicted octanol–water partition coefficient (Wildman–Crippen LogP) is 1.91. The van der Waals surface area contributed by atoms with Gasteiger partial charge in [0.2, 0.25) is 11.1 Å². The van der Waals surface area contributed by atoms with Crippen molar-refractivity contribution in [3.8, 4) is 11.8 Å². The zero-order valence-corrected chi connectivity index (χ0v) is 15.8. The van der Waals surface area contributed by atoms with E-state index >= 15 is 0 Å². The fraction of sp³-hybridized carbons (Fsp3) is 0.158. The van der Waals surface area contributed by atoms with Crippen LogP contribution in [0.25, 0.3) is 5.69 Å². The second-order valence-corrected chi connectivity index (χ2v) is 7.18. The van der Waals surface area contributed by atoms with Gasteiger partial charge in [0, 0.05) is 12.2 Å². The summed E-state index contributed by atoms with van der Waals surface area (Å²) in [4.78, 5) is 25.9. The number of aromatic carboxylic acids is 1. The molecule has 1 amide bonds. The first-order valence-corrected chi connectivity index (χ1v) is 9.64. The lowest BCUT2D eigenvalue weighted by molar-refractivity contribution is -0.116. The Morgan fingerprint density at radius 2 is 2.03 bits per heavy atom. The van der Waals surface area contributed by atoms with Crippen LogP contribution in [0.3, 0.4) is 0 Å². The Hall–Kier alpha value is -3.71. The molecular weight excluding hydrogens is 392 g/mol. The Labute approximate surface area is 169 Å². The lowest BCUT2D eigenvalue weighted by atomic mass is 10.1. The van der Waals surface area contributed by atoms with Gasteiger partial charge < -0.3 is 10.0 Å². The van der Waals surface area contributed by atoms with Gasteiger partial charge in [-0.15, -0.1) is 5.10 Å². The average molecular weight is 406 g/mol. The third kappa shape index (κ3) is 3.55. The van der Waals surface area contributed by atoms with Gasteiger partial charge in [-0.1, -0.05) is 23.9 Å². The Morgan fingerprint density at radius 3 is 2.83 bits per heavy atom. The largest absolute Gasteiger partial charge is 0.478 e. The van der Waals surface area contributed by atoms with Crippen LogP contribution in [0.5, 0.6) is 0 Å². The summed E-state index contributed by atoms with van der Waals surface area (Å²) in [7, 11) is 0. The van der Waals surface area contributed by atoms with Gasteiger partial charge in [-0.3, -0.25) is 4.79 Å². The van der Waals surface area contributed by atoms with Crippen LogP contribution in [0.4, 0.5) is 5.69 Å². The van der Waals surface area contributed by atoms with Crippen molar-refractivity contribution in [3.05, 3.63) is 59.2 Å². The number of benzene rings is 2. The Morgan fingerprint density at radius 1 is 1.21 bits per heavy atom. The van der Waals surface area contributed by atoms with E-state index in [1.165, 1.54) is 10.7 Å². The lowest BCUT2D eigenvalue weighted by Crippen LogP contribution is -2.30. The number of para-hydroxylation sites is 1. The van der Waals surface area contributed by atoms with Gasteiger partial charge in [0.05, 0.1) is 28.6 Å². The molecular formula is C19H14N6O3S. The molecule has 0 saturated heterocycles. The van der Waals surface area contributed by atoms with Gasteiger partial charge in [-0.25, -0.2) is 4.79 Å². The maximum absolute atomic E-state index is 12.7. The highest BCUT2D eigenvalue weighted by molar-refractivity contribution is 7.99. The van der Waals surface area contributed by atoms with E-state index < -0.39 is 5.97 Å². The maximum atomic E-state index is 12.7. The number of amides is 1. The Balaban J connectivity index is 1.51. The number of aromatic nitrogens is 4. The second kappa shape index (κ2) is 7.73. The lowest BCUT2D eigenvalue weighted by Gasteiger charge is -2.17. The minimum Gasteiger partial charge on any atom is -0.478 e. The third-order valence-corrected chi connectivity index (χ3v) is 5.44. The molecule has 2 heterocycles. The topological polar surface area (TPSA) is 125 Å². The zero-order chi connectivity index (χ0) is 20.4. The summed E-state index contributed by atoms with van der Waals surface area (Å²) >= 11 is 1.14. The van der Waals surface area contributed by atoms with E-state index in [0.717, 1.165) is 23.0 Å². The standard InChI is InChI=1S/C19H14N6O3S/c20-10-12-5-6-15-13(9-12)7-8-24(15)17(26)11-29-19-21-22-23-25(19)16-4-2-1-3-14(16)18(27)28/h1-6,9H,7-8,11H2,(H,27,28). The quantitative estimate of drug-likeness (QED) is 0.637. The number of nitriles is 1. The van der Waals surface area contributed by atoms with Crippen molar-refractivity contribution in [2.75, 3.05) is 17.2 Å². The summed E-state index contributed by atoms with van der Waals surface area (Å²) < 4.78 is 1.32. The monoisotopic (exact) mass is 406 g/mol. The third-order valence-electron chi connectivity index (χ3n) is 4.53. The number of anilines is 1. The fourth-order valence-electron chi connectivity index (χ4n) is 3.19. The van der Waals surface area contributed by atoms with Crippen LogP contribution in [0, 0.1) is 11.3 Å². The van der Waals surface area contributed by atoms with E-state index in [0.29, 0.717) is 29.4 Å². The molecule has 0 radical (unpaired) electrons. The zero-order valence-electron chi connectivity index (χ0n) is 15.0. The van der Waals surface area contributed by atoms with E-state index in [1.807, 2.05) is 0 Å². The van der Waals surface area contributed by atoms with E-state index in [-0.39, 0.29) is 17.2 Å². The number of fused-ring (bicyclic) bond motifs is 1. The van der Waals surface area contributed by atoms with Gasteiger partial charge in [-0.05, 0) is 52.7 Å². The van der Waals surface area contributed by atoms with Crippen LogP contribution < -0.4 is 4.90 Å². The molecule has 3 aromatic rings. The predicted molar refractivity (Wildman–Crippen MR) is 104 cm³/mol. The number of carboxylic acids is 1. The number of carboxylic acid groups (broad SMARTS) is 1. The number of hydrogen-bond acceptors (Lipinski definition) is 7. The summed E-state index contributed by atoms with van der Waals surface area (Å²) in [6.07, 6.45) is 0.699. The van der Waals surface area contributed by atoms with E-state index in [9.17, 15) is 14.7 Å². The van der Waals surface area contributed by atoms with Crippen molar-refractivity contribution in [2.45, 2.75) is 11.6 Å². The van der Waals surface area contributed by atoms with Crippen molar-refractivity contribution in [1.29, 1.82) is 5.26 Å². The molecule has 1 aliphatic rings. The fourth-order valence-corrected chi connectivity index (χ4v) is 3.95. The van der Waals surface area contributed by atoms with Crippen LogP contribution >= 0.6 is 11.8 Å². The molecule has 0 saturated carbocycles. The highest BCUT2D eigenvalue weighted by atomic mass is 32.2. The van der Waals surface area contributed by atoms with Crippen molar-refractivity contribution in [2.24, 2.45) is 0 Å². The molecule has 2 aromatic carbocycles. The molecule has 4 rings (SSSR count). The van der Waals surface area contributed by atoms with Crippen molar-refractivity contribution in [1.82, 2.24) is 20.2 Å². The van der Waals surface area contributed by atoms with Gasteiger partial charge in [0.25, 0.3) is 0 Å². The molecule has 0 atom stereocenters. The van der Waals surface area contributed by atoms with Crippen molar-refractivity contribution >= 4 is 29.3 Å². The average Bonchev–Trinajstić information content (AvgIpc) is 3.38. The van der Waals surface area contributed by atoms with Gasteiger partial charge in [-0.2, -0.15) is 9.94 Å². The maximum Gasteiger partial charge on any atom is 0.337 e. The van der Waals surface area contributed by atoms with Crippen LogP contribution in [-0.4, -0.2) is 49.5 Å². The molecule has 144 valence electrons. The summed E-state index contributed by atoms with van der Waals surface area (Å²) in [6, 6.07) is 13.8. The molecule has 1 aliphatic heterocycles. The molecule has 1 aromatic heterocycles. The highest BCUT2D eigenvalue weighted by Gasteiger charge is 2.25. The van der Waals surface area contributed by atoms with Crippen LogP contribution in [-0.2, 0) is 11.2 Å². The molecule has 9 nitrogen and oxygen atoms in total.